The van der Waals surface area contributed by atoms with E-state index in [-0.39, 0.29) is 49.7 Å². The summed E-state index contributed by atoms with van der Waals surface area (Å²) < 4.78 is 6.71. The van der Waals surface area contributed by atoms with E-state index < -0.39 is 65.4 Å². The number of para-hydroxylation sites is 1. The molecule has 0 radical (unpaired) electrons. The van der Waals surface area contributed by atoms with Gasteiger partial charge >= 0.3 is 11.9 Å². The highest BCUT2D eigenvalue weighted by molar-refractivity contribution is 5.95. The van der Waals surface area contributed by atoms with Crippen LogP contribution in [-0.2, 0) is 54.0 Å². The fourth-order valence-corrected chi connectivity index (χ4v) is 7.18. The average Bonchev–Trinajstić information content (AvgIpc) is 3.72. The fraction of sp³-hybridized carbons (Fsp3) is 0.457. The molecule has 0 spiro atoms. The number of nitrogens with two attached hydrogens (primary N) is 1. The molecule has 15 nitrogen and oxygen atoms in total. The molecule has 1 fully saturated rings. The monoisotopic (exact) mass is 688 g/mol. The minimum absolute atomic E-state index is 0.0118. The quantitative estimate of drug-likeness (QED) is 0.145. The molecule has 2 aromatic heterocycles. The Morgan fingerprint density at radius 3 is 2.60 bits per heavy atom. The number of hydrogen-bond acceptors (Lipinski definition) is 10. The number of benzene rings is 1. The van der Waals surface area contributed by atoms with Gasteiger partial charge in [0.25, 0.3) is 5.56 Å². The molecule has 0 bridgehead atoms. The number of nitrogens with one attached hydrogen (secondary N) is 2. The van der Waals surface area contributed by atoms with Gasteiger partial charge in [0, 0.05) is 29.6 Å². The lowest BCUT2D eigenvalue weighted by molar-refractivity contribution is -0.172. The third kappa shape index (κ3) is 5.89. The molecule has 6 N–H and O–H groups in total. The number of aromatic nitrogens is 2. The Morgan fingerprint density at radius 2 is 1.90 bits per heavy atom. The van der Waals surface area contributed by atoms with Gasteiger partial charge in [-0.05, 0) is 42.9 Å². The summed E-state index contributed by atoms with van der Waals surface area (Å²) in [6.45, 7) is 5.35. The zero-order valence-corrected chi connectivity index (χ0v) is 28.0. The first-order valence-electron chi connectivity index (χ1n) is 16.7. The second-order valence-corrected chi connectivity index (χ2v) is 13.4. The van der Waals surface area contributed by atoms with Gasteiger partial charge in [-0.1, -0.05) is 39.0 Å². The number of carboxylic acid groups (broad SMARTS) is 1. The number of fused-ring (bicyclic) bond motifs is 5. The van der Waals surface area contributed by atoms with Crippen molar-refractivity contribution in [2.75, 3.05) is 6.54 Å². The van der Waals surface area contributed by atoms with Gasteiger partial charge in [-0.3, -0.25) is 24.0 Å². The highest BCUT2D eigenvalue weighted by atomic mass is 16.6. The number of ether oxygens (including phenoxy) is 1. The lowest BCUT2D eigenvalue weighted by Crippen LogP contribution is -2.56. The van der Waals surface area contributed by atoms with Crippen LogP contribution in [0.25, 0.3) is 22.3 Å². The molecule has 15 heteroatoms. The molecule has 6 rings (SSSR count). The summed E-state index contributed by atoms with van der Waals surface area (Å²) in [4.78, 5) is 83.6. The normalized spacial score (nSPS) is 20.5. The molecule has 1 aromatic carbocycles. The summed E-state index contributed by atoms with van der Waals surface area (Å²) in [5.41, 5.74) is 6.78. The van der Waals surface area contributed by atoms with E-state index in [1.54, 1.807) is 26.8 Å². The minimum Gasteiger partial charge on any atom is -0.481 e. The van der Waals surface area contributed by atoms with Crippen molar-refractivity contribution in [1.29, 1.82) is 0 Å². The van der Waals surface area contributed by atoms with Crippen LogP contribution in [0, 0.1) is 5.92 Å². The van der Waals surface area contributed by atoms with Gasteiger partial charge in [-0.25, -0.2) is 9.78 Å². The van der Waals surface area contributed by atoms with Crippen molar-refractivity contribution in [3.63, 3.8) is 0 Å². The fourth-order valence-electron chi connectivity index (χ4n) is 7.18. The summed E-state index contributed by atoms with van der Waals surface area (Å²) >= 11 is 0. The Hall–Kier alpha value is -5.15. The molecule has 3 amide bonds. The number of likely N-dealkylation sites (tertiary alicyclic amines) is 1. The lowest BCUT2D eigenvalue weighted by atomic mass is 9.86. The van der Waals surface area contributed by atoms with Gasteiger partial charge in [-0.2, -0.15) is 0 Å². The highest BCUT2D eigenvalue weighted by Crippen LogP contribution is 2.40. The van der Waals surface area contributed by atoms with Crippen LogP contribution in [0.1, 0.15) is 68.7 Å². The molecule has 0 saturated carbocycles. The van der Waals surface area contributed by atoms with E-state index in [9.17, 15) is 33.9 Å². The SMILES string of the molecule is CC[C@@]1(O)C(=O)OCc2c1cc1n(c2=O)Cc2c-1nc1ccccc1c2CNC(=O)[C@@H](NC(=O)[C@@H]1CCCN1C(=O)[C@@H](N)CC(=O)O)C(C)C. The van der Waals surface area contributed by atoms with Crippen molar-refractivity contribution in [3.8, 4) is 11.4 Å². The molecule has 3 aliphatic heterocycles. The molecule has 3 aromatic rings. The molecule has 1 saturated heterocycles. The van der Waals surface area contributed by atoms with Gasteiger partial charge in [0.15, 0.2) is 5.60 Å². The molecule has 0 unspecified atom stereocenters. The van der Waals surface area contributed by atoms with E-state index in [4.69, 9.17) is 20.6 Å². The summed E-state index contributed by atoms with van der Waals surface area (Å²) in [5.74, 6) is -4.00. The van der Waals surface area contributed by atoms with Crippen LogP contribution in [0.4, 0.5) is 0 Å². The van der Waals surface area contributed by atoms with Crippen LogP contribution in [0.15, 0.2) is 35.1 Å². The Labute approximate surface area is 286 Å². The maximum atomic E-state index is 13.7. The number of nitrogens with zero attached hydrogens (tertiary/aromatic N) is 3. The summed E-state index contributed by atoms with van der Waals surface area (Å²) in [7, 11) is 0. The van der Waals surface area contributed by atoms with Crippen molar-refractivity contribution in [1.82, 2.24) is 25.1 Å². The number of aliphatic hydroxyl groups is 1. The maximum Gasteiger partial charge on any atom is 0.343 e. The first kappa shape index (κ1) is 34.7. The Kier molecular flexibility index (Phi) is 9.22. The molecule has 4 atom stereocenters. The van der Waals surface area contributed by atoms with E-state index >= 15 is 0 Å². The summed E-state index contributed by atoms with van der Waals surface area (Å²) in [5, 5.41) is 26.8. The second-order valence-electron chi connectivity index (χ2n) is 13.4. The number of rotatable bonds is 10. The topological polar surface area (TPSA) is 223 Å². The lowest BCUT2D eigenvalue weighted by Gasteiger charge is -2.31. The number of carbonyl (C=O) groups is 5. The van der Waals surface area contributed by atoms with E-state index in [2.05, 4.69) is 10.6 Å². The van der Waals surface area contributed by atoms with Crippen LogP contribution in [0.3, 0.4) is 0 Å². The zero-order valence-electron chi connectivity index (χ0n) is 28.0. The number of esters is 1. The number of pyridine rings is 2. The Morgan fingerprint density at radius 1 is 1.16 bits per heavy atom. The van der Waals surface area contributed by atoms with Crippen LogP contribution < -0.4 is 21.9 Å². The molecule has 3 aliphatic rings. The van der Waals surface area contributed by atoms with Gasteiger partial charge in [0.1, 0.15) is 18.7 Å². The van der Waals surface area contributed by atoms with E-state index in [1.165, 1.54) is 9.47 Å². The van der Waals surface area contributed by atoms with E-state index in [1.807, 2.05) is 24.3 Å². The third-order valence-corrected chi connectivity index (χ3v) is 9.95. The van der Waals surface area contributed by atoms with E-state index in [0.717, 1.165) is 5.39 Å². The molecule has 50 heavy (non-hydrogen) atoms. The molecule has 5 heterocycles. The standard InChI is InChI=1S/C35H40N6O9/c1-4-35(49)22-12-26-29-20(15-41(26)32(46)21(22)16-50-34(35)48)19(18-8-5-6-9-24(18)38-29)14-37-31(45)28(17(2)3)39-30(44)25-10-7-11-40(25)33(47)23(36)13-27(42)43/h5-6,8-9,12,17,23,25,28,49H,4,7,10-11,13-16,36H2,1-3H3,(H,37,45)(H,39,44)(H,42,43)/t23-,25-,28-,35-/m0/s1. The Bertz CT molecular complexity index is 1990. The maximum absolute atomic E-state index is 13.7. The molecular formula is C35H40N6O9. The van der Waals surface area contributed by atoms with Crippen molar-refractivity contribution < 1.29 is 38.9 Å². The minimum atomic E-state index is -1.97. The van der Waals surface area contributed by atoms with Gasteiger partial charge < -0.3 is 40.8 Å². The molecule has 264 valence electrons. The van der Waals surface area contributed by atoms with Crippen LogP contribution >= 0.6 is 0 Å². The average molecular weight is 689 g/mol. The number of aliphatic carboxylic acids is 1. The highest BCUT2D eigenvalue weighted by Gasteiger charge is 2.45. The predicted molar refractivity (Wildman–Crippen MR) is 178 cm³/mol. The summed E-state index contributed by atoms with van der Waals surface area (Å²) in [6, 6.07) is 5.82. The van der Waals surface area contributed by atoms with Crippen LogP contribution in [-0.4, -0.2) is 79.0 Å². The summed E-state index contributed by atoms with van der Waals surface area (Å²) in [6.07, 6.45) is 0.319. The first-order chi connectivity index (χ1) is 23.8. The number of cyclic esters (lactones) is 1. The van der Waals surface area contributed by atoms with Crippen LogP contribution in [0.2, 0.25) is 0 Å². The van der Waals surface area contributed by atoms with Crippen molar-refractivity contribution in [2.45, 2.75) is 89.9 Å². The van der Waals surface area contributed by atoms with Crippen molar-refractivity contribution in [2.24, 2.45) is 11.7 Å². The second kappa shape index (κ2) is 13.3. The number of carboxylic acids is 1. The van der Waals surface area contributed by atoms with Gasteiger partial charge in [0.05, 0.1) is 41.5 Å². The van der Waals surface area contributed by atoms with Crippen LogP contribution in [0.5, 0.6) is 0 Å². The number of hydrogen-bond donors (Lipinski definition) is 5. The number of amides is 3. The third-order valence-electron chi connectivity index (χ3n) is 9.95. The first-order valence-corrected chi connectivity index (χ1v) is 16.7. The zero-order chi connectivity index (χ0) is 36.1. The van der Waals surface area contributed by atoms with Gasteiger partial charge in [0.2, 0.25) is 17.7 Å². The smallest absolute Gasteiger partial charge is 0.343 e. The van der Waals surface area contributed by atoms with Gasteiger partial charge in [-0.15, -0.1) is 0 Å². The van der Waals surface area contributed by atoms with Crippen molar-refractivity contribution >= 4 is 40.6 Å². The van der Waals surface area contributed by atoms with Crippen molar-refractivity contribution in [3.05, 3.63) is 62.9 Å². The predicted octanol–water partition coefficient (Wildman–Crippen LogP) is 0.630. The number of carbonyl (C=O) groups excluding carboxylic acids is 4. The van der Waals surface area contributed by atoms with E-state index in [0.29, 0.717) is 40.9 Å². The largest absolute Gasteiger partial charge is 0.481 e. The Balaban J connectivity index is 1.27. The molecule has 0 aliphatic carbocycles. The molecular weight excluding hydrogens is 648 g/mol.